The van der Waals surface area contributed by atoms with Crippen LogP contribution in [-0.4, -0.2) is 31.5 Å². The standard InChI is InChI=1S/C27H29N5O4/c1-15-11-19(16(2)28-21-6-4-3-5-18(21)27(34)35)25-20(12-15)22(33)13-24(36-25)31-9-10-32-23(14-31)29-30-26(32)17-7-8-17/h3-6,11-13,16-17,27-28,34-35H,7-10,14H2,1-2H3. The van der Waals surface area contributed by atoms with Crippen molar-refractivity contribution in [3.63, 3.8) is 0 Å². The molecule has 3 heterocycles. The van der Waals surface area contributed by atoms with Crippen LogP contribution in [0.5, 0.6) is 0 Å². The Labute approximate surface area is 208 Å². The fourth-order valence-electron chi connectivity index (χ4n) is 5.08. The summed E-state index contributed by atoms with van der Waals surface area (Å²) in [6.45, 7) is 5.91. The molecule has 36 heavy (non-hydrogen) atoms. The third kappa shape index (κ3) is 4.04. The molecule has 1 atom stereocenters. The number of benzene rings is 2. The summed E-state index contributed by atoms with van der Waals surface area (Å²) in [7, 11) is 0. The molecule has 0 radical (unpaired) electrons. The second kappa shape index (κ2) is 8.76. The molecule has 6 rings (SSSR count). The fraction of sp³-hybridized carbons (Fsp3) is 0.370. The smallest absolute Gasteiger partial charge is 0.200 e. The van der Waals surface area contributed by atoms with Crippen molar-refractivity contribution >= 4 is 22.5 Å². The van der Waals surface area contributed by atoms with Gasteiger partial charge in [-0.1, -0.05) is 24.3 Å². The van der Waals surface area contributed by atoms with E-state index in [1.54, 1.807) is 24.3 Å². The van der Waals surface area contributed by atoms with Gasteiger partial charge < -0.3 is 29.4 Å². The molecule has 4 aromatic rings. The van der Waals surface area contributed by atoms with E-state index in [9.17, 15) is 15.0 Å². The van der Waals surface area contributed by atoms with Gasteiger partial charge in [0, 0.05) is 41.9 Å². The summed E-state index contributed by atoms with van der Waals surface area (Å²) < 4.78 is 8.63. The number of hydrogen-bond acceptors (Lipinski definition) is 8. The summed E-state index contributed by atoms with van der Waals surface area (Å²) in [6.07, 6.45) is 0.760. The number of fused-ring (bicyclic) bond motifs is 2. The molecule has 1 unspecified atom stereocenters. The van der Waals surface area contributed by atoms with Crippen molar-refractivity contribution in [1.29, 1.82) is 0 Å². The van der Waals surface area contributed by atoms with Crippen LogP contribution in [0.2, 0.25) is 0 Å². The molecule has 1 aliphatic carbocycles. The minimum Gasteiger partial charge on any atom is -0.440 e. The molecule has 1 saturated carbocycles. The SMILES string of the molecule is Cc1cc(C(C)Nc2ccccc2C(O)O)c2oc(N3CCn4c(nnc4C4CC4)C3)cc(=O)c2c1. The Hall–Kier alpha value is -3.69. The maximum Gasteiger partial charge on any atom is 0.200 e. The van der Waals surface area contributed by atoms with Crippen molar-refractivity contribution in [3.05, 3.63) is 81.0 Å². The highest BCUT2D eigenvalue weighted by Gasteiger charge is 2.32. The first-order valence-corrected chi connectivity index (χ1v) is 12.4. The third-order valence-corrected chi connectivity index (χ3v) is 7.10. The van der Waals surface area contributed by atoms with Crippen molar-refractivity contribution in [2.75, 3.05) is 16.8 Å². The quantitative estimate of drug-likeness (QED) is 0.352. The minimum absolute atomic E-state index is 0.0970. The molecular formula is C27H29N5O4. The van der Waals surface area contributed by atoms with Gasteiger partial charge in [0.2, 0.25) is 0 Å². The average Bonchev–Trinajstić information content (AvgIpc) is 3.62. The van der Waals surface area contributed by atoms with Gasteiger partial charge in [0.15, 0.2) is 23.4 Å². The summed E-state index contributed by atoms with van der Waals surface area (Å²) in [4.78, 5) is 15.3. The van der Waals surface area contributed by atoms with Crippen molar-refractivity contribution in [2.24, 2.45) is 0 Å². The summed E-state index contributed by atoms with van der Waals surface area (Å²) >= 11 is 0. The molecule has 0 spiro atoms. The van der Waals surface area contributed by atoms with Crippen LogP contribution in [0, 0.1) is 6.92 Å². The first kappa shape index (κ1) is 22.8. The Morgan fingerprint density at radius 1 is 1.08 bits per heavy atom. The fourth-order valence-corrected chi connectivity index (χ4v) is 5.08. The number of anilines is 2. The van der Waals surface area contributed by atoms with E-state index in [1.165, 1.54) is 12.8 Å². The van der Waals surface area contributed by atoms with Crippen LogP contribution >= 0.6 is 0 Å². The summed E-state index contributed by atoms with van der Waals surface area (Å²) in [6, 6.07) is 12.2. The van der Waals surface area contributed by atoms with Crippen molar-refractivity contribution in [3.8, 4) is 0 Å². The van der Waals surface area contributed by atoms with Gasteiger partial charge >= 0.3 is 0 Å². The predicted molar refractivity (Wildman–Crippen MR) is 136 cm³/mol. The van der Waals surface area contributed by atoms with Crippen LogP contribution in [0.3, 0.4) is 0 Å². The maximum atomic E-state index is 13.2. The molecule has 186 valence electrons. The summed E-state index contributed by atoms with van der Waals surface area (Å²) in [5, 5.41) is 32.2. The second-order valence-electron chi connectivity index (χ2n) is 9.83. The van der Waals surface area contributed by atoms with Gasteiger partial charge in [-0.2, -0.15) is 0 Å². The number of nitrogens with one attached hydrogen (secondary N) is 1. The molecule has 9 nitrogen and oxygen atoms in total. The molecule has 0 bridgehead atoms. The van der Waals surface area contributed by atoms with Crippen LogP contribution in [0.25, 0.3) is 11.0 Å². The number of nitrogens with zero attached hydrogens (tertiary/aromatic N) is 4. The van der Waals surface area contributed by atoms with Gasteiger partial charge in [-0.15, -0.1) is 10.2 Å². The van der Waals surface area contributed by atoms with Gasteiger partial charge in [-0.25, -0.2) is 0 Å². The van der Waals surface area contributed by atoms with E-state index >= 15 is 0 Å². The Morgan fingerprint density at radius 3 is 2.67 bits per heavy atom. The van der Waals surface area contributed by atoms with Crippen LogP contribution in [0.4, 0.5) is 11.6 Å². The molecule has 3 N–H and O–H groups in total. The highest BCUT2D eigenvalue weighted by molar-refractivity contribution is 5.82. The molecular weight excluding hydrogens is 458 g/mol. The highest BCUT2D eigenvalue weighted by atomic mass is 16.5. The number of aryl methyl sites for hydroxylation is 1. The van der Waals surface area contributed by atoms with E-state index in [1.807, 2.05) is 36.9 Å². The Bertz CT molecular complexity index is 1500. The van der Waals surface area contributed by atoms with Gasteiger partial charge in [0.1, 0.15) is 11.4 Å². The van der Waals surface area contributed by atoms with Crippen LogP contribution < -0.4 is 15.6 Å². The predicted octanol–water partition coefficient (Wildman–Crippen LogP) is 3.75. The lowest BCUT2D eigenvalue weighted by Crippen LogP contribution is -2.34. The van der Waals surface area contributed by atoms with Gasteiger partial charge in [-0.3, -0.25) is 4.79 Å². The number of aromatic nitrogens is 3. The number of aliphatic hydroxyl groups is 2. The zero-order chi connectivity index (χ0) is 25.0. The summed E-state index contributed by atoms with van der Waals surface area (Å²) in [5.74, 6) is 3.02. The molecule has 0 amide bonds. The van der Waals surface area contributed by atoms with E-state index in [4.69, 9.17) is 4.42 Å². The molecule has 2 aromatic heterocycles. The zero-order valence-electron chi connectivity index (χ0n) is 20.3. The molecule has 1 aliphatic heterocycles. The minimum atomic E-state index is -1.60. The molecule has 0 saturated heterocycles. The lowest BCUT2D eigenvalue weighted by molar-refractivity contribution is -0.0419. The number of para-hydroxylation sites is 1. The van der Waals surface area contributed by atoms with E-state index in [2.05, 4.69) is 20.1 Å². The first-order chi connectivity index (χ1) is 17.4. The summed E-state index contributed by atoms with van der Waals surface area (Å²) in [5.41, 5.74) is 3.18. The lowest BCUT2D eigenvalue weighted by atomic mass is 10.0. The van der Waals surface area contributed by atoms with Gasteiger partial charge in [0.25, 0.3) is 0 Å². The van der Waals surface area contributed by atoms with Crippen molar-refractivity contribution < 1.29 is 14.6 Å². The first-order valence-electron chi connectivity index (χ1n) is 12.4. The van der Waals surface area contributed by atoms with Gasteiger partial charge in [0.05, 0.1) is 18.0 Å². The molecule has 9 heteroatoms. The van der Waals surface area contributed by atoms with E-state index in [-0.39, 0.29) is 11.5 Å². The lowest BCUT2D eigenvalue weighted by Gasteiger charge is -2.28. The van der Waals surface area contributed by atoms with E-state index < -0.39 is 6.29 Å². The van der Waals surface area contributed by atoms with Crippen LogP contribution in [0.15, 0.2) is 51.7 Å². The zero-order valence-corrected chi connectivity index (χ0v) is 20.3. The highest BCUT2D eigenvalue weighted by Crippen LogP contribution is 2.40. The van der Waals surface area contributed by atoms with Crippen molar-refractivity contribution in [1.82, 2.24) is 14.8 Å². The Balaban J connectivity index is 1.36. The van der Waals surface area contributed by atoms with Crippen LogP contribution in [-0.2, 0) is 13.1 Å². The van der Waals surface area contributed by atoms with Gasteiger partial charge in [-0.05, 0) is 44.4 Å². The molecule has 2 aliphatic rings. The number of aliphatic hydroxyl groups excluding tert-OH is 1. The number of rotatable bonds is 6. The second-order valence-corrected chi connectivity index (χ2v) is 9.83. The monoisotopic (exact) mass is 487 g/mol. The largest absolute Gasteiger partial charge is 0.440 e. The third-order valence-electron chi connectivity index (χ3n) is 7.10. The van der Waals surface area contributed by atoms with E-state index in [0.717, 1.165) is 29.3 Å². The molecule has 2 aromatic carbocycles. The van der Waals surface area contributed by atoms with E-state index in [0.29, 0.717) is 47.1 Å². The molecule has 1 fully saturated rings. The average molecular weight is 488 g/mol. The normalized spacial score (nSPS) is 16.4. The van der Waals surface area contributed by atoms with Crippen LogP contribution in [0.1, 0.15) is 66.4 Å². The maximum absolute atomic E-state index is 13.2. The Morgan fingerprint density at radius 2 is 1.89 bits per heavy atom. The number of hydrogen-bond donors (Lipinski definition) is 3. The Kier molecular flexibility index (Phi) is 5.54. The van der Waals surface area contributed by atoms with Crippen molar-refractivity contribution in [2.45, 2.75) is 58.0 Å². The topological polar surface area (TPSA) is 117 Å².